The lowest BCUT2D eigenvalue weighted by Gasteiger charge is -2.62. The molecule has 3 heterocycles. The molecule has 0 amide bonds. The quantitative estimate of drug-likeness (QED) is 0.113. The molecule has 0 radical (unpaired) electrons. The number of hydrogen-bond donors (Lipinski definition) is 3. The van der Waals surface area contributed by atoms with Crippen LogP contribution in [0.2, 0.25) is 0 Å². The second kappa shape index (κ2) is 15.5. The van der Waals surface area contributed by atoms with Crippen LogP contribution in [-0.2, 0) is 57.1 Å². The number of aliphatic hydroxyl groups excluding tert-OH is 1. The van der Waals surface area contributed by atoms with Crippen LogP contribution in [0, 0.1) is 34.5 Å². The summed E-state index contributed by atoms with van der Waals surface area (Å²) in [5.41, 5.74) is -6.89. The van der Waals surface area contributed by atoms with Crippen molar-refractivity contribution >= 4 is 30.3 Å². The van der Waals surface area contributed by atoms with E-state index in [0.717, 1.165) is 6.92 Å². The van der Waals surface area contributed by atoms with Crippen LogP contribution in [0.4, 0.5) is 0 Å². The van der Waals surface area contributed by atoms with Gasteiger partial charge in [-0.05, 0) is 36.5 Å². The topological polar surface area (TPSA) is 224 Å². The molecule has 4 aliphatic rings. The predicted octanol–water partition coefficient (Wildman–Crippen LogP) is 3.09. The maximum absolute atomic E-state index is 14.1. The molecule has 1 aromatic heterocycles. The smallest absolute Gasteiger partial charge is 0.335 e. The van der Waals surface area contributed by atoms with E-state index in [1.54, 1.807) is 54.5 Å². The Hall–Kier alpha value is -3.83. The summed E-state index contributed by atoms with van der Waals surface area (Å²) < 4.78 is 46.9. The average molecular weight is 793 g/mol. The van der Waals surface area contributed by atoms with E-state index in [1.807, 2.05) is 0 Å². The van der Waals surface area contributed by atoms with Crippen molar-refractivity contribution in [1.29, 1.82) is 0 Å². The van der Waals surface area contributed by atoms with Gasteiger partial charge in [0.25, 0.3) is 12.4 Å². The van der Waals surface area contributed by atoms with Gasteiger partial charge in [-0.25, -0.2) is 4.79 Å². The number of carbonyl (C=O) groups is 5. The highest BCUT2D eigenvalue weighted by Gasteiger charge is 2.79. The first-order valence-corrected chi connectivity index (χ1v) is 19.0. The minimum atomic E-state index is -2.33. The third-order valence-corrected chi connectivity index (χ3v) is 13.3. The second-order valence-corrected chi connectivity index (χ2v) is 16.8. The minimum Gasteiger partial charge on any atom is -0.472 e. The maximum Gasteiger partial charge on any atom is 0.335 e. The summed E-state index contributed by atoms with van der Waals surface area (Å²) in [6.45, 7) is 16.9. The molecule has 16 heteroatoms. The van der Waals surface area contributed by atoms with Gasteiger partial charge in [-0.3, -0.25) is 19.2 Å². The molecule has 2 aliphatic heterocycles. The first-order valence-electron chi connectivity index (χ1n) is 19.0. The molecule has 2 bridgehead atoms. The van der Waals surface area contributed by atoms with Crippen molar-refractivity contribution in [2.75, 3.05) is 13.7 Å². The Labute approximate surface area is 326 Å². The van der Waals surface area contributed by atoms with Crippen LogP contribution in [0.1, 0.15) is 92.6 Å². The largest absolute Gasteiger partial charge is 0.472 e. The van der Waals surface area contributed by atoms with Gasteiger partial charge in [0, 0.05) is 30.1 Å². The van der Waals surface area contributed by atoms with Gasteiger partial charge in [0.15, 0.2) is 6.10 Å². The van der Waals surface area contributed by atoms with Crippen molar-refractivity contribution in [2.24, 2.45) is 34.5 Å². The SMILES string of the molecule is C=C1C([C@@]2(C)[C@@H](OC(C)=O)C[C@@]3(O)OC[C@](C)(O3)[C@@H]2CC(=O)OC)[C@@H](OC=O)[C@H](OC(=O)[C@@H](O)[C@@H](C)CC)[C@@]2(C)[C@H](c3ccoc3)C[C@@H](OC(=O)C(C)C)[C@]12O. The van der Waals surface area contributed by atoms with E-state index in [9.17, 15) is 39.3 Å². The monoisotopic (exact) mass is 792 g/mol. The zero-order valence-corrected chi connectivity index (χ0v) is 33.5. The summed E-state index contributed by atoms with van der Waals surface area (Å²) in [6.07, 6.45) is -5.47. The fourth-order valence-electron chi connectivity index (χ4n) is 10.1. The summed E-state index contributed by atoms with van der Waals surface area (Å²) >= 11 is 0. The highest BCUT2D eigenvalue weighted by Crippen LogP contribution is 2.70. The zero-order chi connectivity index (χ0) is 41.8. The van der Waals surface area contributed by atoms with Gasteiger partial charge < -0.3 is 52.9 Å². The van der Waals surface area contributed by atoms with Crippen LogP contribution in [0.15, 0.2) is 35.2 Å². The number of esters is 4. The van der Waals surface area contributed by atoms with Crippen LogP contribution >= 0.6 is 0 Å². The lowest BCUT2D eigenvalue weighted by atomic mass is 9.46. The Balaban J connectivity index is 1.87. The number of fused-ring (bicyclic) bond motifs is 3. The Morgan fingerprint density at radius 1 is 1.05 bits per heavy atom. The van der Waals surface area contributed by atoms with E-state index in [2.05, 4.69) is 6.58 Å². The van der Waals surface area contributed by atoms with E-state index in [0.29, 0.717) is 12.0 Å². The van der Waals surface area contributed by atoms with Gasteiger partial charge in [-0.2, -0.15) is 0 Å². The fourth-order valence-corrected chi connectivity index (χ4v) is 10.1. The molecule has 312 valence electrons. The van der Waals surface area contributed by atoms with E-state index >= 15 is 0 Å². The lowest BCUT2D eigenvalue weighted by Crippen LogP contribution is -2.72. The van der Waals surface area contributed by atoms with Crippen molar-refractivity contribution < 1.29 is 76.9 Å². The Morgan fingerprint density at radius 3 is 2.29 bits per heavy atom. The number of rotatable bonds is 13. The molecular weight excluding hydrogens is 736 g/mol. The van der Waals surface area contributed by atoms with Crippen LogP contribution in [0.3, 0.4) is 0 Å². The maximum atomic E-state index is 14.1. The van der Waals surface area contributed by atoms with E-state index in [-0.39, 0.29) is 25.1 Å². The summed E-state index contributed by atoms with van der Waals surface area (Å²) in [4.78, 5) is 66.6. The van der Waals surface area contributed by atoms with Crippen molar-refractivity contribution in [3.05, 3.63) is 36.3 Å². The predicted molar refractivity (Wildman–Crippen MR) is 192 cm³/mol. The Bertz CT molecular complexity index is 1680. The van der Waals surface area contributed by atoms with Gasteiger partial charge >= 0.3 is 23.9 Å². The second-order valence-electron chi connectivity index (χ2n) is 16.8. The number of carbonyl (C=O) groups excluding carboxylic acids is 5. The third-order valence-electron chi connectivity index (χ3n) is 13.3. The molecule has 5 rings (SSSR count). The van der Waals surface area contributed by atoms with E-state index < -0.39 is 125 Å². The van der Waals surface area contributed by atoms with Crippen LogP contribution in [0.5, 0.6) is 0 Å². The van der Waals surface area contributed by atoms with Gasteiger partial charge in [0.05, 0.1) is 56.0 Å². The first kappa shape index (κ1) is 43.3. The number of ether oxygens (including phenoxy) is 7. The normalized spacial score (nSPS) is 40.2. The molecule has 4 fully saturated rings. The van der Waals surface area contributed by atoms with Crippen LogP contribution in [0.25, 0.3) is 0 Å². The summed E-state index contributed by atoms with van der Waals surface area (Å²) in [7, 11) is 1.18. The van der Waals surface area contributed by atoms with Gasteiger partial charge in [-0.1, -0.05) is 54.5 Å². The summed E-state index contributed by atoms with van der Waals surface area (Å²) in [6, 6.07) is 1.64. The minimum absolute atomic E-state index is 0.0589. The molecule has 2 saturated carbocycles. The Kier molecular flexibility index (Phi) is 12.0. The van der Waals surface area contributed by atoms with Crippen molar-refractivity contribution in [1.82, 2.24) is 0 Å². The molecule has 16 nitrogen and oxygen atoms in total. The number of methoxy groups -OCH3 is 1. The average Bonchev–Trinajstić information content (AvgIpc) is 3.83. The standard InChI is InChI=1S/C40H56O16/c1-11-21(4)31(44)35(46)55-33-32(51-19-41)30(22(5)40(48)27(54-34(45)20(2)3)14-25(38(33,40)9)24-12-13-50-17-24)37(8)26(15-29(43)49-10)36(7)18-52-39(47,56-36)16-28(37)53-23(6)42/h12-13,17,19-21,25-28,30-33,44,47-48H,5,11,14-16,18H2,1-4,6-10H3/t21-,25-,26-,27+,28-,30?,31-,32+,33-,36-,37+,38+,39+,40+/m0/s1. The molecular formula is C40H56O16. The van der Waals surface area contributed by atoms with Crippen molar-refractivity contribution in [3.8, 4) is 0 Å². The van der Waals surface area contributed by atoms with E-state index in [1.165, 1.54) is 19.6 Å². The van der Waals surface area contributed by atoms with E-state index in [4.69, 9.17) is 37.6 Å². The highest BCUT2D eigenvalue weighted by atomic mass is 16.9. The highest BCUT2D eigenvalue weighted by molar-refractivity contribution is 5.75. The van der Waals surface area contributed by atoms with Crippen LogP contribution in [-0.4, -0.2) is 107 Å². The molecule has 1 unspecified atom stereocenters. The molecule has 56 heavy (non-hydrogen) atoms. The molecule has 3 N–H and O–H groups in total. The third kappa shape index (κ3) is 6.84. The first-order chi connectivity index (χ1) is 26.1. The molecule has 1 aromatic rings. The van der Waals surface area contributed by atoms with Gasteiger partial charge in [0.1, 0.15) is 30.0 Å². The fraction of sp³-hybridized carbons (Fsp3) is 0.725. The zero-order valence-electron chi connectivity index (χ0n) is 33.5. The van der Waals surface area contributed by atoms with Crippen molar-refractivity contribution in [3.63, 3.8) is 0 Å². The number of furan rings is 1. The summed E-state index contributed by atoms with van der Waals surface area (Å²) in [5.74, 6) is -10.2. The molecule has 0 aromatic carbocycles. The number of aliphatic hydroxyl groups is 3. The number of hydrogen-bond acceptors (Lipinski definition) is 16. The molecule has 2 saturated heterocycles. The lowest BCUT2D eigenvalue weighted by molar-refractivity contribution is -0.328. The molecule has 0 spiro atoms. The van der Waals surface area contributed by atoms with Crippen molar-refractivity contribution in [2.45, 2.75) is 135 Å². The molecule has 14 atom stereocenters. The summed E-state index contributed by atoms with van der Waals surface area (Å²) in [5, 5.41) is 36.5. The Morgan fingerprint density at radius 2 is 1.73 bits per heavy atom. The van der Waals surface area contributed by atoms with Gasteiger partial charge in [-0.15, -0.1) is 0 Å². The van der Waals surface area contributed by atoms with Gasteiger partial charge in [0.2, 0.25) is 0 Å². The van der Waals surface area contributed by atoms with Crippen LogP contribution < -0.4 is 0 Å². The molecule has 2 aliphatic carbocycles.